The smallest absolute Gasteiger partial charge is 0.333 e. The summed E-state index contributed by atoms with van der Waals surface area (Å²) >= 11 is 0. The van der Waals surface area contributed by atoms with Gasteiger partial charge in [0, 0.05) is 31.5 Å². The summed E-state index contributed by atoms with van der Waals surface area (Å²) in [5.41, 5.74) is -0.725. The van der Waals surface area contributed by atoms with Crippen molar-refractivity contribution in [2.75, 3.05) is 19.8 Å². The van der Waals surface area contributed by atoms with Crippen LogP contribution in [0.2, 0.25) is 0 Å². The number of terminal acetylenes is 1. The zero-order chi connectivity index (χ0) is 24.2. The number of carbonyl (C=O) groups excluding carboxylic acids is 2. The molecule has 0 saturated heterocycles. The van der Waals surface area contributed by atoms with Crippen LogP contribution in [0.25, 0.3) is 0 Å². The maximum atomic E-state index is 12.0. The lowest BCUT2D eigenvalue weighted by atomic mass is 9.93. The molecule has 180 valence electrons. The van der Waals surface area contributed by atoms with E-state index in [9.17, 15) is 19.8 Å². The zero-order valence-corrected chi connectivity index (χ0v) is 19.5. The molecule has 0 radical (unpaired) electrons. The summed E-state index contributed by atoms with van der Waals surface area (Å²) in [7, 11) is 0. The number of aromatic hydroxyl groups is 2. The minimum absolute atomic E-state index is 0.0908. The first kappa shape index (κ1) is 27.3. The van der Waals surface area contributed by atoms with E-state index in [0.29, 0.717) is 37.3 Å². The van der Waals surface area contributed by atoms with Crippen molar-refractivity contribution < 1.29 is 34.1 Å². The molecule has 0 bridgehead atoms. The zero-order valence-electron chi connectivity index (χ0n) is 19.5. The molecular formula is C23H36N2O7. The predicted octanol–water partition coefficient (Wildman–Crippen LogP) is 2.53. The van der Waals surface area contributed by atoms with Gasteiger partial charge in [0.2, 0.25) is 17.7 Å². The third-order valence-electron chi connectivity index (χ3n) is 5.25. The van der Waals surface area contributed by atoms with E-state index in [1.54, 1.807) is 0 Å². The van der Waals surface area contributed by atoms with Crippen LogP contribution in [-0.4, -0.2) is 57.8 Å². The topological polar surface area (TPSA) is 119 Å². The van der Waals surface area contributed by atoms with Gasteiger partial charge in [0.15, 0.2) is 0 Å². The average molecular weight is 453 g/mol. The number of rotatable bonds is 15. The van der Waals surface area contributed by atoms with Crippen LogP contribution in [0.5, 0.6) is 11.8 Å². The summed E-state index contributed by atoms with van der Waals surface area (Å²) in [4.78, 5) is 28.5. The van der Waals surface area contributed by atoms with E-state index in [0.717, 1.165) is 12.8 Å². The van der Waals surface area contributed by atoms with E-state index in [-0.39, 0.29) is 30.0 Å². The highest BCUT2D eigenvalue weighted by molar-refractivity contribution is 5.81. The van der Waals surface area contributed by atoms with E-state index >= 15 is 0 Å². The molecule has 1 aromatic heterocycles. The first-order valence-electron chi connectivity index (χ1n) is 10.9. The van der Waals surface area contributed by atoms with Crippen LogP contribution in [0, 0.1) is 12.3 Å². The van der Waals surface area contributed by atoms with Crippen LogP contribution in [0.3, 0.4) is 0 Å². The second kappa shape index (κ2) is 13.0. The number of ether oxygens (including phenoxy) is 2. The third kappa shape index (κ3) is 9.20. The minimum atomic E-state index is -0.762. The fourth-order valence-corrected chi connectivity index (χ4v) is 3.09. The van der Waals surface area contributed by atoms with Crippen molar-refractivity contribution in [3.8, 4) is 24.1 Å². The second-order valence-corrected chi connectivity index (χ2v) is 8.13. The van der Waals surface area contributed by atoms with Gasteiger partial charge in [-0.15, -0.1) is 17.1 Å². The molecule has 1 heterocycles. The number of carbonyl (C=O) groups is 2. The number of nitrogens with zero attached hydrogens (tertiary/aromatic N) is 1. The molecule has 9 nitrogen and oxygen atoms in total. The van der Waals surface area contributed by atoms with Crippen molar-refractivity contribution in [3.05, 3.63) is 12.1 Å². The van der Waals surface area contributed by atoms with Gasteiger partial charge >= 0.3 is 5.97 Å². The molecule has 0 aliphatic heterocycles. The lowest BCUT2D eigenvalue weighted by molar-refractivity contribution is -0.146. The Kier molecular flexibility index (Phi) is 11.1. The van der Waals surface area contributed by atoms with Gasteiger partial charge < -0.3 is 29.8 Å². The molecule has 32 heavy (non-hydrogen) atoms. The van der Waals surface area contributed by atoms with Crippen molar-refractivity contribution in [3.63, 3.8) is 0 Å². The summed E-state index contributed by atoms with van der Waals surface area (Å²) in [6.07, 6.45) is 7.94. The fourth-order valence-electron chi connectivity index (χ4n) is 3.09. The molecule has 0 atom stereocenters. The monoisotopic (exact) mass is 452 g/mol. The van der Waals surface area contributed by atoms with Gasteiger partial charge in [0.05, 0.1) is 30.8 Å². The molecular weight excluding hydrogens is 416 g/mol. The van der Waals surface area contributed by atoms with Crippen LogP contribution >= 0.6 is 0 Å². The van der Waals surface area contributed by atoms with E-state index in [4.69, 9.17) is 20.7 Å². The Morgan fingerprint density at radius 1 is 1.09 bits per heavy atom. The Morgan fingerprint density at radius 3 is 2.28 bits per heavy atom. The van der Waals surface area contributed by atoms with Crippen molar-refractivity contribution in [1.82, 2.24) is 10.0 Å². The van der Waals surface area contributed by atoms with Gasteiger partial charge in [-0.05, 0) is 33.1 Å². The van der Waals surface area contributed by atoms with Crippen molar-refractivity contribution >= 4 is 11.9 Å². The maximum absolute atomic E-state index is 12.0. The lowest BCUT2D eigenvalue weighted by Crippen LogP contribution is -2.37. The Bertz CT molecular complexity index is 756. The Balaban J connectivity index is 2.33. The minimum Gasteiger partial charge on any atom is -0.492 e. The molecule has 0 unspecified atom stereocenters. The van der Waals surface area contributed by atoms with E-state index in [1.807, 2.05) is 13.8 Å². The molecule has 0 aliphatic rings. The number of nitrogens with one attached hydrogen (secondary N) is 1. The van der Waals surface area contributed by atoms with Gasteiger partial charge in [-0.3, -0.25) is 4.79 Å². The SMILES string of the molecule is C#CCC(C)(C)OCCC(CC)(CC)OCCNC(=O)CCC(=O)On1c(O)ccc1O. The number of amides is 1. The average Bonchev–Trinajstić information content (AvgIpc) is 3.06. The largest absolute Gasteiger partial charge is 0.492 e. The fraction of sp³-hybridized carbons (Fsp3) is 0.652. The highest BCUT2D eigenvalue weighted by Crippen LogP contribution is 2.26. The molecule has 1 amide bonds. The summed E-state index contributed by atoms with van der Waals surface area (Å²) in [5.74, 6) is 0.691. The normalized spacial score (nSPS) is 11.7. The van der Waals surface area contributed by atoms with Crippen LogP contribution in [0.15, 0.2) is 12.1 Å². The van der Waals surface area contributed by atoms with Crippen LogP contribution < -0.4 is 10.2 Å². The Labute approximate surface area is 190 Å². The summed E-state index contributed by atoms with van der Waals surface area (Å²) in [6, 6.07) is 2.35. The first-order chi connectivity index (χ1) is 15.1. The highest BCUT2D eigenvalue weighted by atomic mass is 16.7. The Morgan fingerprint density at radius 2 is 1.72 bits per heavy atom. The molecule has 0 aliphatic carbocycles. The molecule has 1 aromatic rings. The molecule has 3 N–H and O–H groups in total. The van der Waals surface area contributed by atoms with Gasteiger partial charge in [0.1, 0.15) is 0 Å². The van der Waals surface area contributed by atoms with Crippen LogP contribution in [0.4, 0.5) is 0 Å². The first-order valence-corrected chi connectivity index (χ1v) is 10.9. The van der Waals surface area contributed by atoms with Gasteiger partial charge in [-0.25, -0.2) is 4.79 Å². The molecule has 0 spiro atoms. The lowest BCUT2D eigenvalue weighted by Gasteiger charge is -2.33. The molecule has 9 heteroatoms. The summed E-state index contributed by atoms with van der Waals surface area (Å²) in [6.45, 7) is 9.19. The van der Waals surface area contributed by atoms with Crippen LogP contribution in [0.1, 0.15) is 66.2 Å². The standard InChI is InChI=1S/C23H36N2O7/c1-6-13-22(4,5)30-16-14-23(7-2,8-3)31-17-15-24-18(26)9-12-21(29)32-25-19(27)10-11-20(25)28/h1,10-11,27-28H,7-9,12-17H2,2-5H3,(H,24,26). The summed E-state index contributed by atoms with van der Waals surface area (Å²) < 4.78 is 12.6. The van der Waals surface area contributed by atoms with Crippen LogP contribution in [-0.2, 0) is 19.1 Å². The van der Waals surface area contributed by atoms with E-state index in [1.165, 1.54) is 12.1 Å². The van der Waals surface area contributed by atoms with Crippen molar-refractivity contribution in [2.24, 2.45) is 0 Å². The molecule has 0 aromatic carbocycles. The van der Waals surface area contributed by atoms with Gasteiger partial charge in [-0.1, -0.05) is 13.8 Å². The van der Waals surface area contributed by atoms with Crippen molar-refractivity contribution in [2.45, 2.75) is 77.4 Å². The van der Waals surface area contributed by atoms with E-state index in [2.05, 4.69) is 25.1 Å². The predicted molar refractivity (Wildman–Crippen MR) is 119 cm³/mol. The quantitative estimate of drug-likeness (QED) is 0.276. The molecule has 1 rings (SSSR count). The number of hydrogen-bond donors (Lipinski definition) is 3. The maximum Gasteiger partial charge on any atom is 0.333 e. The number of aromatic nitrogens is 1. The Hall–Kier alpha value is -2.70. The van der Waals surface area contributed by atoms with E-state index < -0.39 is 17.7 Å². The summed E-state index contributed by atoms with van der Waals surface area (Å²) in [5, 5.41) is 21.6. The molecule has 0 fully saturated rings. The molecule has 0 saturated carbocycles. The van der Waals surface area contributed by atoms with Crippen molar-refractivity contribution in [1.29, 1.82) is 0 Å². The second-order valence-electron chi connectivity index (χ2n) is 8.13. The van der Waals surface area contributed by atoms with Gasteiger partial charge in [0.25, 0.3) is 0 Å². The number of hydrogen-bond acceptors (Lipinski definition) is 7. The van der Waals surface area contributed by atoms with Gasteiger partial charge in [-0.2, -0.15) is 0 Å². The highest BCUT2D eigenvalue weighted by Gasteiger charge is 2.28. The third-order valence-corrected chi connectivity index (χ3v) is 5.25.